The van der Waals surface area contributed by atoms with Gasteiger partial charge in [0.05, 0.1) is 6.61 Å². The fraction of sp³-hybridized carbons (Fsp3) is 0.769. The van der Waals surface area contributed by atoms with Gasteiger partial charge < -0.3 is 9.30 Å². The number of carbonyl (C=O) groups excluding carboxylic acids is 1. The summed E-state index contributed by atoms with van der Waals surface area (Å²) in [6, 6.07) is 0. The molecule has 2 rings (SSSR count). The van der Waals surface area contributed by atoms with Crippen LogP contribution in [0.1, 0.15) is 57.1 Å². The first kappa shape index (κ1) is 13.1. The second-order valence-corrected chi connectivity index (χ2v) is 4.68. The van der Waals surface area contributed by atoms with E-state index in [9.17, 15) is 4.79 Å². The number of fused-ring (bicyclic) bond motifs is 1. The standard InChI is InChI=1S/C13H21N3O2/c1-3-7-10(13(17)18-4-2)12-15-14-11-8-5-6-9-16(11)12/h10H,3-9H2,1-2H3. The molecule has 1 atom stereocenters. The number of esters is 1. The summed E-state index contributed by atoms with van der Waals surface area (Å²) in [5.41, 5.74) is 0. The van der Waals surface area contributed by atoms with E-state index in [4.69, 9.17) is 4.74 Å². The summed E-state index contributed by atoms with van der Waals surface area (Å²) in [4.78, 5) is 12.0. The van der Waals surface area contributed by atoms with E-state index < -0.39 is 0 Å². The molecule has 1 aliphatic rings. The van der Waals surface area contributed by atoms with Gasteiger partial charge in [0.25, 0.3) is 0 Å². The minimum absolute atomic E-state index is 0.167. The highest BCUT2D eigenvalue weighted by Crippen LogP contribution is 2.25. The van der Waals surface area contributed by atoms with Crippen molar-refractivity contribution in [2.75, 3.05) is 6.61 Å². The molecule has 0 aromatic carbocycles. The molecule has 1 aromatic rings. The zero-order valence-electron chi connectivity index (χ0n) is 11.2. The molecule has 0 N–H and O–H groups in total. The van der Waals surface area contributed by atoms with Crippen LogP contribution in [0, 0.1) is 0 Å². The third-order valence-corrected chi connectivity index (χ3v) is 3.35. The summed E-state index contributed by atoms with van der Waals surface area (Å²) in [5, 5.41) is 8.44. The maximum atomic E-state index is 12.0. The van der Waals surface area contributed by atoms with Crippen molar-refractivity contribution in [3.63, 3.8) is 0 Å². The number of rotatable bonds is 5. The molecule has 5 nitrogen and oxygen atoms in total. The second-order valence-electron chi connectivity index (χ2n) is 4.68. The molecule has 0 amide bonds. The Bertz CT molecular complexity index is 414. The molecular weight excluding hydrogens is 230 g/mol. The quantitative estimate of drug-likeness (QED) is 0.752. The van der Waals surface area contributed by atoms with Crippen LogP contribution in [0.3, 0.4) is 0 Å². The van der Waals surface area contributed by atoms with Gasteiger partial charge in [0, 0.05) is 13.0 Å². The van der Waals surface area contributed by atoms with E-state index in [0.29, 0.717) is 6.61 Å². The van der Waals surface area contributed by atoms with Crippen molar-refractivity contribution in [3.05, 3.63) is 11.6 Å². The lowest BCUT2D eigenvalue weighted by Gasteiger charge is -2.19. The predicted molar refractivity (Wildman–Crippen MR) is 67.2 cm³/mol. The first-order valence-corrected chi connectivity index (χ1v) is 6.86. The lowest BCUT2D eigenvalue weighted by atomic mass is 10.0. The largest absolute Gasteiger partial charge is 0.465 e. The van der Waals surface area contributed by atoms with E-state index in [1.54, 1.807) is 0 Å². The van der Waals surface area contributed by atoms with E-state index in [2.05, 4.69) is 21.7 Å². The Balaban J connectivity index is 2.24. The molecule has 5 heteroatoms. The summed E-state index contributed by atoms with van der Waals surface area (Å²) in [6.07, 6.45) is 4.98. The van der Waals surface area contributed by atoms with Gasteiger partial charge in [-0.1, -0.05) is 13.3 Å². The van der Waals surface area contributed by atoms with Crippen molar-refractivity contribution in [2.45, 2.75) is 58.4 Å². The Morgan fingerprint density at radius 2 is 2.22 bits per heavy atom. The summed E-state index contributed by atoms with van der Waals surface area (Å²) >= 11 is 0. The molecule has 0 spiro atoms. The van der Waals surface area contributed by atoms with Gasteiger partial charge in [-0.25, -0.2) is 0 Å². The summed E-state index contributed by atoms with van der Waals surface area (Å²) in [7, 11) is 0. The number of hydrogen-bond acceptors (Lipinski definition) is 4. The van der Waals surface area contributed by atoms with Gasteiger partial charge in [0.1, 0.15) is 17.6 Å². The smallest absolute Gasteiger partial charge is 0.316 e. The van der Waals surface area contributed by atoms with E-state index >= 15 is 0 Å². The van der Waals surface area contributed by atoms with E-state index in [0.717, 1.165) is 50.3 Å². The highest BCUT2D eigenvalue weighted by molar-refractivity contribution is 5.77. The fourth-order valence-electron chi connectivity index (χ4n) is 2.47. The Morgan fingerprint density at radius 3 is 2.94 bits per heavy atom. The van der Waals surface area contributed by atoms with Crippen LogP contribution in [0.4, 0.5) is 0 Å². The lowest BCUT2D eigenvalue weighted by Crippen LogP contribution is -2.22. The third kappa shape index (κ3) is 2.54. The van der Waals surface area contributed by atoms with Crippen LogP contribution >= 0.6 is 0 Å². The minimum Gasteiger partial charge on any atom is -0.465 e. The monoisotopic (exact) mass is 251 g/mol. The van der Waals surface area contributed by atoms with Gasteiger partial charge in [0.2, 0.25) is 0 Å². The maximum absolute atomic E-state index is 12.0. The average Bonchev–Trinajstić information content (AvgIpc) is 2.80. The van der Waals surface area contributed by atoms with Gasteiger partial charge in [0.15, 0.2) is 0 Å². The third-order valence-electron chi connectivity index (χ3n) is 3.35. The molecule has 2 heterocycles. The minimum atomic E-state index is -0.255. The Hall–Kier alpha value is -1.39. The molecule has 0 radical (unpaired) electrons. The zero-order valence-corrected chi connectivity index (χ0v) is 11.2. The Kier molecular flexibility index (Phi) is 4.33. The number of hydrogen-bond donors (Lipinski definition) is 0. The van der Waals surface area contributed by atoms with Crippen LogP contribution < -0.4 is 0 Å². The number of aromatic nitrogens is 3. The van der Waals surface area contributed by atoms with Crippen LogP contribution in [-0.4, -0.2) is 27.3 Å². The van der Waals surface area contributed by atoms with Crippen molar-refractivity contribution in [2.24, 2.45) is 0 Å². The van der Waals surface area contributed by atoms with Gasteiger partial charge in [-0.15, -0.1) is 10.2 Å². The molecule has 0 saturated carbocycles. The van der Waals surface area contributed by atoms with Crippen LogP contribution in [0.25, 0.3) is 0 Å². The fourth-order valence-corrected chi connectivity index (χ4v) is 2.47. The molecule has 0 bridgehead atoms. The van der Waals surface area contributed by atoms with Gasteiger partial charge in [-0.05, 0) is 26.2 Å². The molecule has 1 aromatic heterocycles. The molecular formula is C13H21N3O2. The van der Waals surface area contributed by atoms with Crippen molar-refractivity contribution >= 4 is 5.97 Å². The molecule has 0 fully saturated rings. The van der Waals surface area contributed by atoms with Gasteiger partial charge in [-0.2, -0.15) is 0 Å². The van der Waals surface area contributed by atoms with E-state index in [1.165, 1.54) is 0 Å². The SMILES string of the molecule is CCCC(C(=O)OCC)c1nnc2n1CCCC2. The summed E-state index contributed by atoms with van der Waals surface area (Å²) < 4.78 is 7.26. The maximum Gasteiger partial charge on any atom is 0.316 e. The van der Waals surface area contributed by atoms with Crippen LogP contribution in [0.15, 0.2) is 0 Å². The zero-order chi connectivity index (χ0) is 13.0. The van der Waals surface area contributed by atoms with E-state index in [-0.39, 0.29) is 11.9 Å². The van der Waals surface area contributed by atoms with Crippen molar-refractivity contribution < 1.29 is 9.53 Å². The normalized spacial score (nSPS) is 16.1. The second kappa shape index (κ2) is 5.98. The molecule has 1 unspecified atom stereocenters. The molecule has 0 aliphatic carbocycles. The van der Waals surface area contributed by atoms with Crippen molar-refractivity contribution in [1.29, 1.82) is 0 Å². The van der Waals surface area contributed by atoms with Gasteiger partial charge >= 0.3 is 5.97 Å². The molecule has 100 valence electrons. The van der Waals surface area contributed by atoms with Crippen LogP contribution in [0.2, 0.25) is 0 Å². The predicted octanol–water partition coefficient (Wildman–Crippen LogP) is 2.06. The number of ether oxygens (including phenoxy) is 1. The lowest BCUT2D eigenvalue weighted by molar-refractivity contribution is -0.145. The van der Waals surface area contributed by atoms with Crippen molar-refractivity contribution in [1.82, 2.24) is 14.8 Å². The van der Waals surface area contributed by atoms with Gasteiger partial charge in [-0.3, -0.25) is 4.79 Å². The van der Waals surface area contributed by atoms with Crippen molar-refractivity contribution in [3.8, 4) is 0 Å². The summed E-state index contributed by atoms with van der Waals surface area (Å²) in [6.45, 7) is 5.25. The first-order valence-electron chi connectivity index (χ1n) is 6.86. The number of carbonyl (C=O) groups is 1. The molecule has 0 saturated heterocycles. The topological polar surface area (TPSA) is 57.0 Å². The molecule has 18 heavy (non-hydrogen) atoms. The number of aryl methyl sites for hydroxylation is 1. The highest BCUT2D eigenvalue weighted by Gasteiger charge is 2.28. The first-order chi connectivity index (χ1) is 8.77. The molecule has 1 aliphatic heterocycles. The van der Waals surface area contributed by atoms with Crippen LogP contribution in [-0.2, 0) is 22.5 Å². The number of nitrogens with zero attached hydrogens (tertiary/aromatic N) is 3. The summed E-state index contributed by atoms with van der Waals surface area (Å²) in [5.74, 6) is 1.39. The highest BCUT2D eigenvalue weighted by atomic mass is 16.5. The Morgan fingerprint density at radius 1 is 1.39 bits per heavy atom. The van der Waals surface area contributed by atoms with Crippen LogP contribution in [0.5, 0.6) is 0 Å². The average molecular weight is 251 g/mol. The van der Waals surface area contributed by atoms with E-state index in [1.807, 2.05) is 6.92 Å². The Labute approximate surface area is 108 Å².